The lowest BCUT2D eigenvalue weighted by molar-refractivity contribution is -0.153. The van der Waals surface area contributed by atoms with Crippen LogP contribution in [-0.4, -0.2) is 58.0 Å². The average molecular weight is 398 g/mol. The molecule has 1 unspecified atom stereocenters. The molecule has 0 saturated carbocycles. The van der Waals surface area contributed by atoms with Crippen LogP contribution in [0.2, 0.25) is 0 Å². The van der Waals surface area contributed by atoms with E-state index < -0.39 is 21.9 Å². The maximum atomic E-state index is 12.8. The van der Waals surface area contributed by atoms with Crippen molar-refractivity contribution in [2.45, 2.75) is 31.1 Å². The Morgan fingerprint density at radius 3 is 2.59 bits per heavy atom. The summed E-state index contributed by atoms with van der Waals surface area (Å²) in [6.07, 6.45) is 1.88. The van der Waals surface area contributed by atoms with Gasteiger partial charge in [0.1, 0.15) is 5.75 Å². The molecule has 150 valence electrons. The molecular formula is C18H26N2O6S. The summed E-state index contributed by atoms with van der Waals surface area (Å²) in [6, 6.07) is 6.12. The number of ether oxygens (including phenoxy) is 2. The number of carbonyl (C=O) groups excluding carboxylic acids is 2. The Hall–Kier alpha value is -2.13. The lowest BCUT2D eigenvalue weighted by atomic mass is 10.00. The molecule has 0 radical (unpaired) electrons. The normalized spacial score (nSPS) is 17.9. The van der Waals surface area contributed by atoms with Crippen LogP contribution < -0.4 is 10.1 Å². The van der Waals surface area contributed by atoms with Crippen LogP contribution >= 0.6 is 0 Å². The van der Waals surface area contributed by atoms with Crippen LogP contribution in [0, 0.1) is 5.92 Å². The average Bonchev–Trinajstić information content (AvgIpc) is 2.70. The number of carbonyl (C=O) groups is 2. The zero-order valence-corrected chi connectivity index (χ0v) is 16.5. The third-order valence-electron chi connectivity index (χ3n) is 4.33. The first-order valence-electron chi connectivity index (χ1n) is 8.96. The third kappa shape index (κ3) is 5.67. The number of nitrogens with one attached hydrogen (secondary N) is 1. The van der Waals surface area contributed by atoms with Gasteiger partial charge in [-0.3, -0.25) is 9.59 Å². The summed E-state index contributed by atoms with van der Waals surface area (Å²) >= 11 is 0. The van der Waals surface area contributed by atoms with Gasteiger partial charge in [0.15, 0.2) is 6.61 Å². The number of hydrogen-bond acceptors (Lipinski definition) is 6. The van der Waals surface area contributed by atoms with E-state index in [0.717, 1.165) is 6.42 Å². The van der Waals surface area contributed by atoms with Crippen LogP contribution in [0.4, 0.5) is 0 Å². The molecule has 0 bridgehead atoms. The molecule has 1 aliphatic heterocycles. The molecule has 1 atom stereocenters. The monoisotopic (exact) mass is 398 g/mol. The molecule has 1 amide bonds. The molecule has 0 aromatic heterocycles. The minimum Gasteiger partial charge on any atom is -0.497 e. The number of amides is 1. The number of benzene rings is 1. The van der Waals surface area contributed by atoms with Crippen molar-refractivity contribution in [3.05, 3.63) is 24.3 Å². The van der Waals surface area contributed by atoms with Gasteiger partial charge >= 0.3 is 5.97 Å². The van der Waals surface area contributed by atoms with E-state index >= 15 is 0 Å². The number of rotatable bonds is 8. The van der Waals surface area contributed by atoms with E-state index in [1.807, 2.05) is 6.92 Å². The smallest absolute Gasteiger partial charge is 0.310 e. The molecule has 1 saturated heterocycles. The summed E-state index contributed by atoms with van der Waals surface area (Å²) in [6.45, 7) is 2.49. The molecule has 1 aliphatic rings. The van der Waals surface area contributed by atoms with Gasteiger partial charge < -0.3 is 14.8 Å². The van der Waals surface area contributed by atoms with Crippen LogP contribution in [0.1, 0.15) is 26.2 Å². The second-order valence-corrected chi connectivity index (χ2v) is 8.27. The predicted molar refractivity (Wildman–Crippen MR) is 98.7 cm³/mol. The Morgan fingerprint density at radius 2 is 1.96 bits per heavy atom. The van der Waals surface area contributed by atoms with Gasteiger partial charge in [0.2, 0.25) is 10.0 Å². The predicted octanol–water partition coefficient (Wildman–Crippen LogP) is 1.17. The highest BCUT2D eigenvalue weighted by molar-refractivity contribution is 7.89. The molecule has 1 fully saturated rings. The number of hydrogen-bond donors (Lipinski definition) is 1. The molecule has 8 nitrogen and oxygen atoms in total. The summed E-state index contributed by atoms with van der Waals surface area (Å²) in [5.41, 5.74) is 0. The molecule has 2 rings (SSSR count). The largest absolute Gasteiger partial charge is 0.497 e. The zero-order valence-electron chi connectivity index (χ0n) is 15.6. The minimum absolute atomic E-state index is 0.0454. The van der Waals surface area contributed by atoms with Gasteiger partial charge in [-0.1, -0.05) is 6.92 Å². The van der Waals surface area contributed by atoms with E-state index in [0.29, 0.717) is 31.7 Å². The minimum atomic E-state index is -3.71. The van der Waals surface area contributed by atoms with Crippen molar-refractivity contribution in [3.8, 4) is 5.75 Å². The Morgan fingerprint density at radius 1 is 1.26 bits per heavy atom. The van der Waals surface area contributed by atoms with E-state index in [-0.39, 0.29) is 24.0 Å². The van der Waals surface area contributed by atoms with Gasteiger partial charge in [0.25, 0.3) is 5.91 Å². The first kappa shape index (κ1) is 21.2. The van der Waals surface area contributed by atoms with Gasteiger partial charge in [0, 0.05) is 19.6 Å². The number of sulfonamides is 1. The van der Waals surface area contributed by atoms with E-state index in [1.165, 1.54) is 23.5 Å². The molecule has 1 N–H and O–H groups in total. The molecule has 0 spiro atoms. The number of nitrogens with zero attached hydrogens (tertiary/aromatic N) is 1. The van der Waals surface area contributed by atoms with E-state index in [2.05, 4.69) is 5.32 Å². The third-order valence-corrected chi connectivity index (χ3v) is 6.21. The van der Waals surface area contributed by atoms with Gasteiger partial charge in [-0.15, -0.1) is 0 Å². The topological polar surface area (TPSA) is 102 Å². The number of esters is 1. The Kier molecular flexibility index (Phi) is 7.61. The first-order valence-corrected chi connectivity index (χ1v) is 10.4. The maximum absolute atomic E-state index is 12.8. The molecule has 9 heteroatoms. The first-order chi connectivity index (χ1) is 12.9. The van der Waals surface area contributed by atoms with Crippen LogP contribution in [-0.2, 0) is 24.3 Å². The number of methoxy groups -OCH3 is 1. The van der Waals surface area contributed by atoms with Crippen molar-refractivity contribution >= 4 is 21.9 Å². The fraction of sp³-hybridized carbons (Fsp3) is 0.556. The summed E-state index contributed by atoms with van der Waals surface area (Å²) < 4.78 is 37.0. The van der Waals surface area contributed by atoms with Crippen molar-refractivity contribution in [3.63, 3.8) is 0 Å². The lowest BCUT2D eigenvalue weighted by Gasteiger charge is -2.30. The van der Waals surface area contributed by atoms with E-state index in [4.69, 9.17) is 9.47 Å². The Balaban J connectivity index is 1.97. The van der Waals surface area contributed by atoms with Crippen molar-refractivity contribution in [2.75, 3.05) is 33.4 Å². The van der Waals surface area contributed by atoms with Crippen LogP contribution in [0.3, 0.4) is 0 Å². The van der Waals surface area contributed by atoms with Gasteiger partial charge in [0.05, 0.1) is 17.9 Å². The van der Waals surface area contributed by atoms with Crippen molar-refractivity contribution in [1.82, 2.24) is 9.62 Å². The van der Waals surface area contributed by atoms with Crippen molar-refractivity contribution in [1.29, 1.82) is 0 Å². The Labute approximate surface area is 159 Å². The van der Waals surface area contributed by atoms with Crippen LogP contribution in [0.25, 0.3) is 0 Å². The summed E-state index contributed by atoms with van der Waals surface area (Å²) in [5.74, 6) is -0.916. The molecule has 1 aromatic carbocycles. The van der Waals surface area contributed by atoms with Crippen molar-refractivity contribution in [2.24, 2.45) is 5.92 Å². The highest BCUT2D eigenvalue weighted by Gasteiger charge is 2.34. The van der Waals surface area contributed by atoms with Crippen LogP contribution in [0.15, 0.2) is 29.2 Å². The van der Waals surface area contributed by atoms with E-state index in [1.54, 1.807) is 12.1 Å². The quantitative estimate of drug-likeness (QED) is 0.660. The van der Waals surface area contributed by atoms with Gasteiger partial charge in [-0.2, -0.15) is 4.31 Å². The summed E-state index contributed by atoms with van der Waals surface area (Å²) in [7, 11) is -2.20. The fourth-order valence-corrected chi connectivity index (χ4v) is 4.34. The highest BCUT2D eigenvalue weighted by Crippen LogP contribution is 2.25. The van der Waals surface area contributed by atoms with Crippen molar-refractivity contribution < 1.29 is 27.5 Å². The second-order valence-electron chi connectivity index (χ2n) is 6.34. The summed E-state index contributed by atoms with van der Waals surface area (Å²) in [5, 5.41) is 2.62. The SMILES string of the molecule is CCCNC(=O)COC(=O)C1CCCN(S(=O)(=O)c2ccc(OC)cc2)C1. The Bertz CT molecular complexity index is 748. The molecule has 1 heterocycles. The second kappa shape index (κ2) is 9.70. The molecular weight excluding hydrogens is 372 g/mol. The lowest BCUT2D eigenvalue weighted by Crippen LogP contribution is -2.43. The highest BCUT2D eigenvalue weighted by atomic mass is 32.2. The molecule has 27 heavy (non-hydrogen) atoms. The van der Waals surface area contributed by atoms with Gasteiger partial charge in [-0.05, 0) is 43.5 Å². The summed E-state index contributed by atoms with van der Waals surface area (Å²) in [4.78, 5) is 23.9. The molecule has 0 aliphatic carbocycles. The fourth-order valence-electron chi connectivity index (χ4n) is 2.82. The van der Waals surface area contributed by atoms with E-state index in [9.17, 15) is 18.0 Å². The maximum Gasteiger partial charge on any atom is 0.310 e. The van der Waals surface area contributed by atoms with Gasteiger partial charge in [-0.25, -0.2) is 8.42 Å². The molecule has 1 aromatic rings. The standard InChI is InChI=1S/C18H26N2O6S/c1-3-10-19-17(21)13-26-18(22)14-5-4-11-20(12-14)27(23,24)16-8-6-15(25-2)7-9-16/h6-9,14H,3-5,10-13H2,1-2H3,(H,19,21). The zero-order chi connectivity index (χ0) is 19.9. The van der Waals surface area contributed by atoms with Crippen LogP contribution in [0.5, 0.6) is 5.75 Å². The number of piperidine rings is 1.